The first kappa shape index (κ1) is 30.7. The van der Waals surface area contributed by atoms with Crippen molar-refractivity contribution in [3.05, 3.63) is 58.8 Å². The van der Waals surface area contributed by atoms with Gasteiger partial charge in [0.15, 0.2) is 5.65 Å². The molecular formula is C34H45N7O5. The first-order chi connectivity index (χ1) is 22.0. The van der Waals surface area contributed by atoms with Crippen molar-refractivity contribution in [1.29, 1.82) is 0 Å². The molecule has 2 saturated carbocycles. The van der Waals surface area contributed by atoms with Crippen LogP contribution < -0.4 is 5.56 Å². The van der Waals surface area contributed by atoms with Crippen molar-refractivity contribution in [2.45, 2.75) is 95.5 Å². The number of urea groups is 1. The molecule has 1 spiro atoms. The minimum absolute atomic E-state index is 0.0845. The van der Waals surface area contributed by atoms with Crippen LogP contribution in [-0.4, -0.2) is 95.2 Å². The second-order valence-corrected chi connectivity index (χ2v) is 14.8. The van der Waals surface area contributed by atoms with Gasteiger partial charge < -0.3 is 24.5 Å². The van der Waals surface area contributed by atoms with Crippen LogP contribution in [0.3, 0.4) is 0 Å². The molecule has 0 radical (unpaired) electrons. The van der Waals surface area contributed by atoms with E-state index in [-0.39, 0.29) is 30.3 Å². The Morgan fingerprint density at radius 2 is 1.76 bits per heavy atom. The van der Waals surface area contributed by atoms with Gasteiger partial charge in [0.25, 0.3) is 5.56 Å². The lowest BCUT2D eigenvalue weighted by atomic mass is 9.66. The summed E-state index contributed by atoms with van der Waals surface area (Å²) in [6, 6.07) is 9.73. The monoisotopic (exact) mass is 631 g/mol. The number of rotatable bonds is 4. The molecule has 2 aliphatic heterocycles. The normalized spacial score (nSPS) is 25.0. The van der Waals surface area contributed by atoms with Crippen LogP contribution in [0.15, 0.2) is 47.7 Å². The van der Waals surface area contributed by atoms with Crippen molar-refractivity contribution in [3.8, 4) is 0 Å². The molecule has 4 aliphatic rings. The van der Waals surface area contributed by atoms with Crippen molar-refractivity contribution in [3.63, 3.8) is 0 Å². The number of likely N-dealkylation sites (tertiary alicyclic amines) is 1. The summed E-state index contributed by atoms with van der Waals surface area (Å²) in [5, 5.41) is 17.3. The van der Waals surface area contributed by atoms with Gasteiger partial charge in [0.05, 0.1) is 30.4 Å². The lowest BCUT2D eigenvalue weighted by Gasteiger charge is -2.53. The van der Waals surface area contributed by atoms with E-state index in [1.54, 1.807) is 22.0 Å². The molecule has 2 aromatic heterocycles. The molecule has 2 atom stereocenters. The van der Waals surface area contributed by atoms with E-state index in [4.69, 9.17) is 4.74 Å². The van der Waals surface area contributed by atoms with Gasteiger partial charge in [-0.2, -0.15) is 5.10 Å². The molecule has 4 fully saturated rings. The third-order valence-electron chi connectivity index (χ3n) is 10.5. The molecule has 12 nitrogen and oxygen atoms in total. The largest absolute Gasteiger partial charge is 0.444 e. The number of aromatic nitrogens is 4. The third kappa shape index (κ3) is 5.54. The van der Waals surface area contributed by atoms with Gasteiger partial charge in [0, 0.05) is 38.1 Å². The summed E-state index contributed by atoms with van der Waals surface area (Å²) < 4.78 is 9.05. The summed E-state index contributed by atoms with van der Waals surface area (Å²) in [6.45, 7) is 7.56. The molecule has 3 aromatic rings. The number of hydrogen-bond acceptors (Lipinski definition) is 7. The zero-order valence-electron chi connectivity index (χ0n) is 27.1. The Balaban J connectivity index is 1.12. The number of benzene rings is 1. The van der Waals surface area contributed by atoms with Crippen LogP contribution in [0.25, 0.3) is 11.0 Å². The van der Waals surface area contributed by atoms with Crippen molar-refractivity contribution >= 4 is 23.2 Å². The summed E-state index contributed by atoms with van der Waals surface area (Å²) in [6.07, 6.45) is 8.72. The number of hydrogen-bond donors (Lipinski definition) is 1. The Morgan fingerprint density at radius 3 is 2.46 bits per heavy atom. The summed E-state index contributed by atoms with van der Waals surface area (Å²) in [5.41, 5.74) is -0.941. The fraction of sp³-hybridized carbons (Fsp3) is 0.618. The van der Waals surface area contributed by atoms with E-state index in [1.807, 2.05) is 65.6 Å². The Kier molecular flexibility index (Phi) is 7.61. The van der Waals surface area contributed by atoms with Gasteiger partial charge in [-0.15, -0.1) is 0 Å². The predicted octanol–water partition coefficient (Wildman–Crippen LogP) is 4.34. The van der Waals surface area contributed by atoms with E-state index in [1.165, 1.54) is 0 Å². The van der Waals surface area contributed by atoms with Crippen molar-refractivity contribution in [1.82, 2.24) is 34.0 Å². The van der Waals surface area contributed by atoms with E-state index in [9.17, 15) is 19.5 Å². The highest BCUT2D eigenvalue weighted by Crippen LogP contribution is 2.52. The van der Waals surface area contributed by atoms with Crippen LogP contribution in [0.2, 0.25) is 0 Å². The molecular weight excluding hydrogens is 586 g/mol. The molecule has 12 heteroatoms. The number of piperidine rings is 1. The van der Waals surface area contributed by atoms with E-state index in [2.05, 4.69) is 10.1 Å². The average Bonchev–Trinajstić information content (AvgIpc) is 3.60. The topological polar surface area (TPSA) is 126 Å². The highest BCUT2D eigenvalue weighted by Gasteiger charge is 2.56. The summed E-state index contributed by atoms with van der Waals surface area (Å²) in [4.78, 5) is 51.0. The Hall–Kier alpha value is -3.93. The van der Waals surface area contributed by atoms with Crippen LogP contribution >= 0.6 is 0 Å². The molecule has 246 valence electrons. The fourth-order valence-electron chi connectivity index (χ4n) is 7.86. The van der Waals surface area contributed by atoms with Crippen molar-refractivity contribution in [2.24, 2.45) is 5.41 Å². The second-order valence-electron chi connectivity index (χ2n) is 14.8. The van der Waals surface area contributed by atoms with Crippen LogP contribution in [0.4, 0.5) is 9.59 Å². The molecule has 7 rings (SSSR count). The van der Waals surface area contributed by atoms with Gasteiger partial charge in [-0.1, -0.05) is 43.2 Å². The summed E-state index contributed by atoms with van der Waals surface area (Å²) in [7, 11) is 0. The smallest absolute Gasteiger partial charge is 0.410 e. The SMILES string of the molecule is CC(C)(C)OC(=O)N1CCN(C(=O)N2CCC(O)(Cn3cnc4c(cnn4C4CC4)c3=O)C3(CCCC3)C2)[C@H](c2ccccc2)C1. The Morgan fingerprint density at radius 1 is 1.02 bits per heavy atom. The molecule has 2 saturated heterocycles. The number of ether oxygens (including phenoxy) is 1. The molecule has 46 heavy (non-hydrogen) atoms. The van der Waals surface area contributed by atoms with Crippen LogP contribution in [-0.2, 0) is 11.3 Å². The summed E-state index contributed by atoms with van der Waals surface area (Å²) >= 11 is 0. The molecule has 0 bridgehead atoms. The zero-order chi connectivity index (χ0) is 32.3. The van der Waals surface area contributed by atoms with Gasteiger partial charge in [0.2, 0.25) is 0 Å². The van der Waals surface area contributed by atoms with Crippen molar-refractivity contribution < 1.29 is 19.4 Å². The number of carbonyl (C=O) groups is 2. The average molecular weight is 632 g/mol. The first-order valence-electron chi connectivity index (χ1n) is 16.7. The lowest BCUT2D eigenvalue weighted by Crippen LogP contribution is -2.64. The van der Waals surface area contributed by atoms with E-state index in [0.29, 0.717) is 56.2 Å². The second kappa shape index (κ2) is 11.4. The molecule has 3 amide bonds. The third-order valence-corrected chi connectivity index (χ3v) is 10.5. The summed E-state index contributed by atoms with van der Waals surface area (Å²) in [5.74, 6) is 0. The van der Waals surface area contributed by atoms with Crippen LogP contribution in [0, 0.1) is 5.41 Å². The van der Waals surface area contributed by atoms with E-state index < -0.39 is 16.6 Å². The van der Waals surface area contributed by atoms with E-state index in [0.717, 1.165) is 44.1 Å². The van der Waals surface area contributed by atoms with Gasteiger partial charge in [0.1, 0.15) is 17.3 Å². The minimum Gasteiger partial charge on any atom is -0.444 e. The number of carbonyl (C=O) groups excluding carboxylic acids is 2. The fourth-order valence-corrected chi connectivity index (χ4v) is 7.86. The molecule has 1 aromatic carbocycles. The van der Waals surface area contributed by atoms with Crippen LogP contribution in [0.1, 0.15) is 83.4 Å². The first-order valence-corrected chi connectivity index (χ1v) is 16.7. The molecule has 4 heterocycles. The standard InChI is InChI=1S/C34H45N7O5/c1-32(2,3)46-31(44)37-17-18-40(27(20-37)24-9-5-4-6-10-24)30(43)38-16-15-34(45,33(21-38)13-7-8-14-33)22-39-23-35-28-26(29(39)42)19-36-41(28)25-11-12-25/h4-6,9-10,19,23,25,27,45H,7-8,11-18,20-22H2,1-3H3/t27-,34?/m0/s1. The Labute approximate surface area is 268 Å². The maximum Gasteiger partial charge on any atom is 0.410 e. The lowest BCUT2D eigenvalue weighted by molar-refractivity contribution is -0.137. The number of fused-ring (bicyclic) bond motifs is 1. The zero-order valence-corrected chi connectivity index (χ0v) is 27.1. The number of aliphatic hydroxyl groups is 1. The number of amides is 3. The predicted molar refractivity (Wildman–Crippen MR) is 171 cm³/mol. The van der Waals surface area contributed by atoms with Gasteiger partial charge in [-0.3, -0.25) is 9.36 Å². The number of nitrogens with zero attached hydrogens (tertiary/aromatic N) is 7. The highest BCUT2D eigenvalue weighted by molar-refractivity contribution is 5.76. The van der Waals surface area contributed by atoms with E-state index >= 15 is 0 Å². The van der Waals surface area contributed by atoms with Gasteiger partial charge in [-0.25, -0.2) is 19.3 Å². The molecule has 1 unspecified atom stereocenters. The van der Waals surface area contributed by atoms with Crippen molar-refractivity contribution in [2.75, 3.05) is 32.7 Å². The molecule has 1 N–H and O–H groups in total. The Bertz CT molecular complexity index is 1670. The van der Waals surface area contributed by atoms with Gasteiger partial charge in [-0.05, 0) is 58.4 Å². The quantitative estimate of drug-likeness (QED) is 0.454. The number of piperazine rings is 1. The maximum atomic E-state index is 14.4. The van der Waals surface area contributed by atoms with Gasteiger partial charge >= 0.3 is 12.1 Å². The van der Waals surface area contributed by atoms with Crippen LogP contribution in [0.5, 0.6) is 0 Å². The maximum absolute atomic E-state index is 14.4. The minimum atomic E-state index is -1.17. The highest BCUT2D eigenvalue weighted by atomic mass is 16.6. The molecule has 2 aliphatic carbocycles.